The Hall–Kier alpha value is -0.970. The van der Waals surface area contributed by atoms with Crippen molar-refractivity contribution in [2.75, 3.05) is 18.6 Å². The largest absolute Gasteiger partial charge is 0.480 e. The molecule has 0 heterocycles. The molecule has 0 aromatic heterocycles. The Kier molecular flexibility index (Phi) is 7.63. The monoisotopic (exact) mass is 299 g/mol. The molecule has 0 saturated heterocycles. The van der Waals surface area contributed by atoms with Crippen molar-refractivity contribution in [1.82, 2.24) is 5.32 Å². The average Bonchev–Trinajstić information content (AvgIpc) is 2.39. The molecule has 1 aromatic rings. The number of aliphatic carboxylic acids is 1. The minimum Gasteiger partial charge on any atom is -0.480 e. The summed E-state index contributed by atoms with van der Waals surface area (Å²) in [4.78, 5) is 11.0. The second-order valence-corrected chi connectivity index (χ2v) is 5.46. The molecule has 0 saturated carbocycles. The van der Waals surface area contributed by atoms with Gasteiger partial charge in [0.1, 0.15) is 6.04 Å². The highest BCUT2D eigenvalue weighted by atomic mass is 35.5. The highest BCUT2D eigenvalue weighted by Crippen LogP contribution is 2.10. The SMILES string of the molecule is CSCCC(NC/C=C/c1ccc(Cl)cc1)C(=O)O. The lowest BCUT2D eigenvalue weighted by Crippen LogP contribution is -2.37. The number of hydrogen-bond donors (Lipinski definition) is 2. The maximum Gasteiger partial charge on any atom is 0.320 e. The first-order chi connectivity index (χ1) is 9.13. The number of carboxylic acids is 1. The lowest BCUT2D eigenvalue weighted by Gasteiger charge is -2.11. The zero-order chi connectivity index (χ0) is 14.1. The molecule has 0 aliphatic heterocycles. The zero-order valence-electron chi connectivity index (χ0n) is 10.8. The van der Waals surface area contributed by atoms with Gasteiger partial charge in [-0.1, -0.05) is 35.9 Å². The fourth-order valence-electron chi connectivity index (χ4n) is 1.53. The van der Waals surface area contributed by atoms with Crippen molar-refractivity contribution in [2.24, 2.45) is 0 Å². The van der Waals surface area contributed by atoms with Crippen LogP contribution in [0.4, 0.5) is 0 Å². The van der Waals surface area contributed by atoms with Crippen molar-refractivity contribution in [1.29, 1.82) is 0 Å². The third-order valence-electron chi connectivity index (χ3n) is 2.57. The average molecular weight is 300 g/mol. The van der Waals surface area contributed by atoms with Crippen LogP contribution >= 0.6 is 23.4 Å². The number of thioether (sulfide) groups is 1. The molecule has 0 aliphatic rings. The Bertz CT molecular complexity index is 420. The molecular formula is C14H18ClNO2S. The Balaban J connectivity index is 2.38. The molecule has 1 unspecified atom stereocenters. The minimum absolute atomic E-state index is 0.484. The number of carboxylic acid groups (broad SMARTS) is 1. The van der Waals surface area contributed by atoms with E-state index in [1.165, 1.54) is 0 Å². The first kappa shape index (κ1) is 16.1. The van der Waals surface area contributed by atoms with Crippen LogP contribution in [0.2, 0.25) is 5.02 Å². The maximum atomic E-state index is 11.0. The maximum absolute atomic E-state index is 11.0. The first-order valence-electron chi connectivity index (χ1n) is 6.00. The Morgan fingerprint density at radius 2 is 2.16 bits per heavy atom. The molecule has 0 aliphatic carbocycles. The summed E-state index contributed by atoms with van der Waals surface area (Å²) in [6.45, 7) is 0.536. The van der Waals surface area contributed by atoms with E-state index in [2.05, 4.69) is 5.32 Å². The second kappa shape index (κ2) is 9.02. The fraction of sp³-hybridized carbons (Fsp3) is 0.357. The molecule has 0 spiro atoms. The van der Waals surface area contributed by atoms with E-state index in [1.807, 2.05) is 42.7 Å². The number of nitrogens with one attached hydrogen (secondary N) is 1. The lowest BCUT2D eigenvalue weighted by atomic mass is 10.2. The van der Waals surface area contributed by atoms with Crippen molar-refractivity contribution >= 4 is 35.4 Å². The Morgan fingerprint density at radius 1 is 1.47 bits per heavy atom. The van der Waals surface area contributed by atoms with E-state index in [-0.39, 0.29) is 0 Å². The Morgan fingerprint density at radius 3 is 2.74 bits per heavy atom. The van der Waals surface area contributed by atoms with E-state index in [1.54, 1.807) is 11.8 Å². The molecule has 19 heavy (non-hydrogen) atoms. The number of halogens is 1. The first-order valence-corrected chi connectivity index (χ1v) is 7.78. The van der Waals surface area contributed by atoms with E-state index < -0.39 is 12.0 Å². The molecule has 1 aromatic carbocycles. The van der Waals surface area contributed by atoms with Gasteiger partial charge in [-0.25, -0.2) is 0 Å². The van der Waals surface area contributed by atoms with Gasteiger partial charge >= 0.3 is 5.97 Å². The van der Waals surface area contributed by atoms with Crippen molar-refractivity contribution in [3.05, 3.63) is 40.9 Å². The van der Waals surface area contributed by atoms with Gasteiger partial charge in [0.05, 0.1) is 0 Å². The van der Waals surface area contributed by atoms with Crippen LogP contribution in [-0.4, -0.2) is 35.7 Å². The number of benzene rings is 1. The lowest BCUT2D eigenvalue weighted by molar-refractivity contribution is -0.139. The predicted molar refractivity (Wildman–Crippen MR) is 82.9 cm³/mol. The van der Waals surface area contributed by atoms with Crippen LogP contribution in [0.25, 0.3) is 6.08 Å². The van der Waals surface area contributed by atoms with Gasteiger partial charge < -0.3 is 10.4 Å². The summed E-state index contributed by atoms with van der Waals surface area (Å²) in [5.41, 5.74) is 1.04. The molecule has 3 nitrogen and oxygen atoms in total. The van der Waals surface area contributed by atoms with Crippen LogP contribution in [0.5, 0.6) is 0 Å². The molecular weight excluding hydrogens is 282 g/mol. The highest BCUT2D eigenvalue weighted by molar-refractivity contribution is 7.98. The molecule has 0 fully saturated rings. The normalized spacial score (nSPS) is 12.7. The molecule has 0 amide bonds. The predicted octanol–water partition coefficient (Wildman–Crippen LogP) is 3.15. The topological polar surface area (TPSA) is 49.3 Å². The van der Waals surface area contributed by atoms with Crippen LogP contribution in [0.3, 0.4) is 0 Å². The fourth-order valence-corrected chi connectivity index (χ4v) is 2.13. The molecule has 0 bridgehead atoms. The number of hydrogen-bond acceptors (Lipinski definition) is 3. The Labute approximate surface area is 123 Å². The molecule has 5 heteroatoms. The van der Waals surface area contributed by atoms with Crippen molar-refractivity contribution in [2.45, 2.75) is 12.5 Å². The molecule has 0 radical (unpaired) electrons. The van der Waals surface area contributed by atoms with Crippen molar-refractivity contribution < 1.29 is 9.90 Å². The van der Waals surface area contributed by atoms with E-state index in [0.717, 1.165) is 11.3 Å². The summed E-state index contributed by atoms with van der Waals surface area (Å²) in [5, 5.41) is 12.8. The van der Waals surface area contributed by atoms with Gasteiger partial charge in [0.15, 0.2) is 0 Å². The van der Waals surface area contributed by atoms with Crippen LogP contribution in [0.15, 0.2) is 30.3 Å². The van der Waals surface area contributed by atoms with Crippen LogP contribution in [0, 0.1) is 0 Å². The summed E-state index contributed by atoms with van der Waals surface area (Å²) in [7, 11) is 0. The quantitative estimate of drug-likeness (QED) is 0.774. The molecule has 104 valence electrons. The molecule has 1 atom stereocenters. The van der Waals surface area contributed by atoms with Crippen molar-refractivity contribution in [3.63, 3.8) is 0 Å². The van der Waals surface area contributed by atoms with Gasteiger partial charge in [-0.15, -0.1) is 0 Å². The smallest absolute Gasteiger partial charge is 0.320 e. The number of carbonyl (C=O) groups is 1. The van der Waals surface area contributed by atoms with Gasteiger partial charge in [-0.05, 0) is 36.1 Å². The summed E-state index contributed by atoms with van der Waals surface area (Å²) in [5.74, 6) is 0.0409. The minimum atomic E-state index is -0.797. The standard InChI is InChI=1S/C14H18ClNO2S/c1-19-10-8-13(14(17)18)16-9-2-3-11-4-6-12(15)7-5-11/h2-7,13,16H,8-10H2,1H3,(H,17,18)/b3-2+. The van der Waals surface area contributed by atoms with E-state index in [9.17, 15) is 4.79 Å². The zero-order valence-corrected chi connectivity index (χ0v) is 12.4. The summed E-state index contributed by atoms with van der Waals surface area (Å²) < 4.78 is 0. The van der Waals surface area contributed by atoms with Gasteiger partial charge in [0.25, 0.3) is 0 Å². The highest BCUT2D eigenvalue weighted by Gasteiger charge is 2.14. The van der Waals surface area contributed by atoms with Gasteiger partial charge in [0, 0.05) is 11.6 Å². The second-order valence-electron chi connectivity index (χ2n) is 4.03. The van der Waals surface area contributed by atoms with E-state index in [4.69, 9.17) is 16.7 Å². The van der Waals surface area contributed by atoms with Crippen LogP contribution in [0.1, 0.15) is 12.0 Å². The van der Waals surface area contributed by atoms with Crippen molar-refractivity contribution in [3.8, 4) is 0 Å². The molecule has 2 N–H and O–H groups in total. The van der Waals surface area contributed by atoms with Crippen LogP contribution in [-0.2, 0) is 4.79 Å². The van der Waals surface area contributed by atoms with E-state index in [0.29, 0.717) is 18.0 Å². The third kappa shape index (κ3) is 6.66. The van der Waals surface area contributed by atoms with Crippen LogP contribution < -0.4 is 5.32 Å². The summed E-state index contributed by atoms with van der Waals surface area (Å²) in [6, 6.07) is 7.00. The van der Waals surface area contributed by atoms with Gasteiger partial charge in [-0.2, -0.15) is 11.8 Å². The van der Waals surface area contributed by atoms with Gasteiger partial charge in [-0.3, -0.25) is 4.79 Å². The van der Waals surface area contributed by atoms with Gasteiger partial charge in [0.2, 0.25) is 0 Å². The summed E-state index contributed by atoms with van der Waals surface area (Å²) in [6.07, 6.45) is 6.46. The number of rotatable bonds is 8. The molecule has 1 rings (SSSR count). The third-order valence-corrected chi connectivity index (χ3v) is 3.47. The van der Waals surface area contributed by atoms with E-state index >= 15 is 0 Å². The summed E-state index contributed by atoms with van der Waals surface area (Å²) >= 11 is 7.45.